The number of rotatable bonds is 6. The van der Waals surface area contributed by atoms with E-state index < -0.39 is 0 Å². The fraction of sp³-hybridized carbons (Fsp3) is 0.600. The van der Waals surface area contributed by atoms with Gasteiger partial charge in [0.15, 0.2) is 0 Å². The van der Waals surface area contributed by atoms with E-state index in [-0.39, 0.29) is 0 Å². The molecule has 0 N–H and O–H groups in total. The first-order valence-electron chi connectivity index (χ1n) is 4.94. The monoisotopic (exact) mass is 258 g/mol. The third kappa shape index (κ3) is 4.56. The highest BCUT2D eigenvalue weighted by Crippen LogP contribution is 2.09. The van der Waals surface area contributed by atoms with Gasteiger partial charge in [0.25, 0.3) is 0 Å². The lowest BCUT2D eigenvalue weighted by Gasteiger charge is -2.03. The van der Waals surface area contributed by atoms with Crippen molar-refractivity contribution in [3.63, 3.8) is 0 Å². The second-order valence-corrected chi connectivity index (χ2v) is 3.88. The highest BCUT2D eigenvalue weighted by molar-refractivity contribution is 9.10. The summed E-state index contributed by atoms with van der Waals surface area (Å²) in [7, 11) is 0. The fourth-order valence-corrected chi connectivity index (χ4v) is 1.35. The first kappa shape index (κ1) is 11.4. The van der Waals surface area contributed by atoms with Crippen molar-refractivity contribution in [3.8, 4) is 6.01 Å². The maximum absolute atomic E-state index is 5.38. The topological polar surface area (TPSA) is 35.0 Å². The van der Waals surface area contributed by atoms with Crippen molar-refractivity contribution in [2.24, 2.45) is 0 Å². The molecule has 1 rings (SSSR count). The highest BCUT2D eigenvalue weighted by atomic mass is 79.9. The molecule has 0 fully saturated rings. The quantitative estimate of drug-likeness (QED) is 0.581. The van der Waals surface area contributed by atoms with Crippen molar-refractivity contribution in [2.75, 3.05) is 6.61 Å². The van der Waals surface area contributed by atoms with Gasteiger partial charge in [0.2, 0.25) is 0 Å². The fourth-order valence-electron chi connectivity index (χ4n) is 1.08. The summed E-state index contributed by atoms with van der Waals surface area (Å²) in [5, 5.41) is 0. The lowest BCUT2D eigenvalue weighted by molar-refractivity contribution is 0.281. The molecule has 1 aromatic heterocycles. The van der Waals surface area contributed by atoms with Crippen LogP contribution in [0.2, 0.25) is 0 Å². The van der Waals surface area contributed by atoms with E-state index in [1.807, 2.05) is 0 Å². The van der Waals surface area contributed by atoms with Crippen LogP contribution < -0.4 is 4.74 Å². The summed E-state index contributed by atoms with van der Waals surface area (Å²) in [6.45, 7) is 2.90. The Morgan fingerprint density at radius 1 is 1.36 bits per heavy atom. The average molecular weight is 259 g/mol. The van der Waals surface area contributed by atoms with Crippen LogP contribution in [0.15, 0.2) is 16.9 Å². The van der Waals surface area contributed by atoms with E-state index >= 15 is 0 Å². The van der Waals surface area contributed by atoms with E-state index in [4.69, 9.17) is 4.74 Å². The summed E-state index contributed by atoms with van der Waals surface area (Å²) in [6, 6.07) is 2.24. The normalized spacial score (nSPS) is 10.1. The first-order valence-corrected chi connectivity index (χ1v) is 5.73. The molecule has 1 heterocycles. The standard InChI is InChI=1S/C10H15BrN2O/c1-2-3-4-5-8-14-10-12-7-6-9(11)13-10/h6-7H,2-5,8H2,1H3. The number of aromatic nitrogens is 2. The summed E-state index contributed by atoms with van der Waals surface area (Å²) in [6.07, 6.45) is 6.47. The Morgan fingerprint density at radius 2 is 2.21 bits per heavy atom. The third-order valence-electron chi connectivity index (χ3n) is 1.83. The minimum absolute atomic E-state index is 0.455. The molecule has 0 aliphatic heterocycles. The molecule has 0 atom stereocenters. The van der Waals surface area contributed by atoms with Gasteiger partial charge < -0.3 is 4.74 Å². The number of ether oxygens (including phenoxy) is 1. The minimum atomic E-state index is 0.455. The van der Waals surface area contributed by atoms with Crippen LogP contribution in [0.4, 0.5) is 0 Å². The van der Waals surface area contributed by atoms with Gasteiger partial charge in [-0.3, -0.25) is 0 Å². The summed E-state index contributed by atoms with van der Waals surface area (Å²) < 4.78 is 6.14. The molecule has 14 heavy (non-hydrogen) atoms. The third-order valence-corrected chi connectivity index (χ3v) is 2.27. The summed E-state index contributed by atoms with van der Waals surface area (Å²) in [5.74, 6) is 0. The molecule has 0 amide bonds. The number of halogens is 1. The largest absolute Gasteiger partial charge is 0.463 e. The van der Waals surface area contributed by atoms with Crippen LogP contribution in [0.1, 0.15) is 32.6 Å². The minimum Gasteiger partial charge on any atom is -0.463 e. The Labute approximate surface area is 93.0 Å². The maximum atomic E-state index is 5.38. The van der Waals surface area contributed by atoms with Gasteiger partial charge in [-0.15, -0.1) is 0 Å². The Balaban J connectivity index is 2.18. The molecule has 0 bridgehead atoms. The molecule has 0 radical (unpaired) electrons. The van der Waals surface area contributed by atoms with Gasteiger partial charge in [-0.1, -0.05) is 26.2 Å². The van der Waals surface area contributed by atoms with Crippen molar-refractivity contribution < 1.29 is 4.74 Å². The summed E-state index contributed by atoms with van der Waals surface area (Å²) in [5.41, 5.74) is 0. The molecular formula is C10H15BrN2O. The van der Waals surface area contributed by atoms with Gasteiger partial charge in [-0.2, -0.15) is 4.98 Å². The van der Waals surface area contributed by atoms with Crippen LogP contribution in [-0.4, -0.2) is 16.6 Å². The zero-order chi connectivity index (χ0) is 10.2. The van der Waals surface area contributed by atoms with Crippen LogP contribution in [0.5, 0.6) is 6.01 Å². The van der Waals surface area contributed by atoms with Gasteiger partial charge in [-0.25, -0.2) is 4.98 Å². The summed E-state index contributed by atoms with van der Waals surface area (Å²) in [4.78, 5) is 8.07. The van der Waals surface area contributed by atoms with Crippen LogP contribution in [-0.2, 0) is 0 Å². The van der Waals surface area contributed by atoms with Crippen molar-refractivity contribution in [3.05, 3.63) is 16.9 Å². The zero-order valence-corrected chi connectivity index (χ0v) is 9.96. The molecule has 0 aromatic carbocycles. The first-order chi connectivity index (χ1) is 6.83. The smallest absolute Gasteiger partial charge is 0.317 e. The molecular weight excluding hydrogens is 244 g/mol. The molecule has 78 valence electrons. The van der Waals surface area contributed by atoms with Crippen molar-refractivity contribution >= 4 is 15.9 Å². The molecule has 0 saturated carbocycles. The van der Waals surface area contributed by atoms with Gasteiger partial charge in [0, 0.05) is 6.20 Å². The lowest BCUT2D eigenvalue weighted by atomic mass is 10.2. The maximum Gasteiger partial charge on any atom is 0.317 e. The van der Waals surface area contributed by atoms with E-state index in [9.17, 15) is 0 Å². The molecule has 0 aliphatic carbocycles. The van der Waals surface area contributed by atoms with E-state index in [2.05, 4.69) is 32.8 Å². The predicted molar refractivity (Wildman–Crippen MR) is 59.4 cm³/mol. The lowest BCUT2D eigenvalue weighted by Crippen LogP contribution is -2.00. The Bertz CT molecular complexity index is 268. The SMILES string of the molecule is CCCCCCOc1nccc(Br)n1. The number of hydrogen-bond donors (Lipinski definition) is 0. The number of unbranched alkanes of at least 4 members (excludes halogenated alkanes) is 3. The van der Waals surface area contributed by atoms with Gasteiger partial charge in [0.1, 0.15) is 4.60 Å². The highest BCUT2D eigenvalue weighted by Gasteiger charge is 1.97. The molecule has 0 aliphatic rings. The van der Waals surface area contributed by atoms with Crippen LogP contribution in [0, 0.1) is 0 Å². The Kier molecular flexibility index (Phi) is 5.52. The molecule has 0 saturated heterocycles. The van der Waals surface area contributed by atoms with E-state index in [0.717, 1.165) is 11.0 Å². The van der Waals surface area contributed by atoms with E-state index in [0.29, 0.717) is 12.6 Å². The second kappa shape index (κ2) is 6.76. The van der Waals surface area contributed by atoms with Gasteiger partial charge in [-0.05, 0) is 28.4 Å². The second-order valence-electron chi connectivity index (χ2n) is 3.07. The van der Waals surface area contributed by atoms with Gasteiger partial charge >= 0.3 is 6.01 Å². The number of hydrogen-bond acceptors (Lipinski definition) is 3. The average Bonchev–Trinajstić information content (AvgIpc) is 2.18. The molecule has 4 heteroatoms. The van der Waals surface area contributed by atoms with E-state index in [1.54, 1.807) is 12.3 Å². The van der Waals surface area contributed by atoms with Crippen molar-refractivity contribution in [2.45, 2.75) is 32.6 Å². The van der Waals surface area contributed by atoms with Crippen LogP contribution >= 0.6 is 15.9 Å². The molecule has 0 spiro atoms. The Morgan fingerprint density at radius 3 is 2.93 bits per heavy atom. The van der Waals surface area contributed by atoms with Crippen LogP contribution in [0.3, 0.4) is 0 Å². The molecule has 1 aromatic rings. The summed E-state index contributed by atoms with van der Waals surface area (Å²) >= 11 is 3.26. The van der Waals surface area contributed by atoms with Crippen molar-refractivity contribution in [1.82, 2.24) is 9.97 Å². The van der Waals surface area contributed by atoms with Crippen LogP contribution in [0.25, 0.3) is 0 Å². The van der Waals surface area contributed by atoms with E-state index in [1.165, 1.54) is 19.3 Å². The Hall–Kier alpha value is -0.640. The zero-order valence-electron chi connectivity index (χ0n) is 8.37. The molecule has 3 nitrogen and oxygen atoms in total. The predicted octanol–water partition coefficient (Wildman–Crippen LogP) is 3.20. The number of nitrogens with zero attached hydrogens (tertiary/aromatic N) is 2. The van der Waals surface area contributed by atoms with Gasteiger partial charge in [0.05, 0.1) is 6.61 Å². The molecule has 0 unspecified atom stereocenters. The van der Waals surface area contributed by atoms with Crippen molar-refractivity contribution in [1.29, 1.82) is 0 Å².